The van der Waals surface area contributed by atoms with Crippen LogP contribution < -0.4 is 15.9 Å². The summed E-state index contributed by atoms with van der Waals surface area (Å²) in [7, 11) is -3.45. The van der Waals surface area contributed by atoms with Gasteiger partial charge in [-0.3, -0.25) is 0 Å². The van der Waals surface area contributed by atoms with Crippen molar-refractivity contribution in [2.24, 2.45) is 0 Å². The number of benzene rings is 3. The second kappa shape index (κ2) is 6.07. The standard InChI is InChI=1S/C22H23O2P/c1-18-19(2)24-25(23-18,20-12-6-3-7-13-20,21-14-8-4-9-15-21)22-16-10-5-11-17-22/h3-19H,1-2H3. The van der Waals surface area contributed by atoms with E-state index in [0.717, 1.165) is 15.9 Å². The van der Waals surface area contributed by atoms with Crippen molar-refractivity contribution in [2.45, 2.75) is 26.1 Å². The molecule has 0 aliphatic carbocycles. The number of rotatable bonds is 3. The molecule has 25 heavy (non-hydrogen) atoms. The van der Waals surface area contributed by atoms with Crippen molar-refractivity contribution in [3.8, 4) is 0 Å². The molecule has 3 aromatic rings. The van der Waals surface area contributed by atoms with Crippen molar-refractivity contribution in [2.75, 3.05) is 0 Å². The molecular weight excluding hydrogens is 327 g/mol. The van der Waals surface area contributed by atoms with Crippen LogP contribution in [0.1, 0.15) is 13.8 Å². The molecule has 3 aromatic carbocycles. The Kier molecular flexibility index (Phi) is 4.00. The molecule has 0 spiro atoms. The van der Waals surface area contributed by atoms with Gasteiger partial charge < -0.3 is 0 Å². The zero-order valence-corrected chi connectivity index (χ0v) is 15.5. The molecule has 0 aromatic heterocycles. The summed E-state index contributed by atoms with van der Waals surface area (Å²) in [6.45, 7) is 4.21. The molecule has 2 nitrogen and oxygen atoms in total. The van der Waals surface area contributed by atoms with Crippen LogP contribution in [0.5, 0.6) is 0 Å². The van der Waals surface area contributed by atoms with Crippen molar-refractivity contribution < 1.29 is 9.05 Å². The number of hydrogen-bond donors (Lipinski definition) is 0. The van der Waals surface area contributed by atoms with Crippen LogP contribution in [0, 0.1) is 0 Å². The van der Waals surface area contributed by atoms with Crippen LogP contribution in [0.3, 0.4) is 0 Å². The Hall–Kier alpha value is -1.99. The van der Waals surface area contributed by atoms with Gasteiger partial charge in [-0.25, -0.2) is 0 Å². The molecule has 1 fully saturated rings. The summed E-state index contributed by atoms with van der Waals surface area (Å²) in [6.07, 6.45) is 0.0246. The zero-order valence-electron chi connectivity index (χ0n) is 14.6. The molecule has 4 rings (SSSR count). The topological polar surface area (TPSA) is 18.5 Å². The molecule has 0 N–H and O–H groups in total. The summed E-state index contributed by atoms with van der Waals surface area (Å²) in [4.78, 5) is 0. The van der Waals surface area contributed by atoms with E-state index in [0.29, 0.717) is 0 Å². The van der Waals surface area contributed by atoms with Crippen LogP contribution in [0.15, 0.2) is 91.0 Å². The third-order valence-corrected chi connectivity index (χ3v) is 10.2. The van der Waals surface area contributed by atoms with Gasteiger partial charge in [0.1, 0.15) is 0 Å². The first kappa shape index (κ1) is 16.5. The van der Waals surface area contributed by atoms with Gasteiger partial charge in [0.15, 0.2) is 0 Å². The van der Waals surface area contributed by atoms with E-state index in [1.165, 1.54) is 0 Å². The van der Waals surface area contributed by atoms with E-state index in [9.17, 15) is 0 Å². The van der Waals surface area contributed by atoms with Crippen LogP contribution in [0.4, 0.5) is 0 Å². The van der Waals surface area contributed by atoms with Gasteiger partial charge in [-0.2, -0.15) is 0 Å². The molecule has 2 atom stereocenters. The Balaban J connectivity index is 2.14. The van der Waals surface area contributed by atoms with E-state index < -0.39 is 7.06 Å². The molecule has 128 valence electrons. The molecule has 1 aliphatic rings. The van der Waals surface area contributed by atoms with Crippen LogP contribution in [-0.4, -0.2) is 12.2 Å². The first-order chi connectivity index (χ1) is 12.2. The van der Waals surface area contributed by atoms with E-state index in [2.05, 4.69) is 86.6 Å². The molecule has 0 saturated carbocycles. The van der Waals surface area contributed by atoms with Crippen molar-refractivity contribution >= 4 is 23.0 Å². The fourth-order valence-electron chi connectivity index (χ4n) is 3.74. The molecule has 1 heterocycles. The van der Waals surface area contributed by atoms with Crippen molar-refractivity contribution in [1.29, 1.82) is 0 Å². The predicted molar refractivity (Wildman–Crippen MR) is 106 cm³/mol. The summed E-state index contributed by atoms with van der Waals surface area (Å²) < 4.78 is 13.8. The summed E-state index contributed by atoms with van der Waals surface area (Å²) in [5.74, 6) is 0. The van der Waals surface area contributed by atoms with Gasteiger partial charge in [0.25, 0.3) is 0 Å². The molecule has 0 amide bonds. The van der Waals surface area contributed by atoms with Gasteiger partial charge in [-0.1, -0.05) is 0 Å². The molecule has 3 heteroatoms. The van der Waals surface area contributed by atoms with E-state index in [4.69, 9.17) is 9.05 Å². The van der Waals surface area contributed by atoms with E-state index in [-0.39, 0.29) is 12.2 Å². The Bertz CT molecular complexity index is 736. The van der Waals surface area contributed by atoms with Crippen LogP contribution in [0.2, 0.25) is 0 Å². The SMILES string of the molecule is CC1OP(c2ccccc2)(c2ccccc2)(c2ccccc2)OC1C. The van der Waals surface area contributed by atoms with E-state index in [1.54, 1.807) is 0 Å². The van der Waals surface area contributed by atoms with Crippen molar-refractivity contribution in [3.05, 3.63) is 91.0 Å². The minimum atomic E-state index is -3.45. The van der Waals surface area contributed by atoms with Gasteiger partial charge in [0, 0.05) is 0 Å². The summed E-state index contributed by atoms with van der Waals surface area (Å²) >= 11 is 0. The summed E-state index contributed by atoms with van der Waals surface area (Å²) in [5, 5.41) is 3.34. The summed E-state index contributed by atoms with van der Waals surface area (Å²) in [5.41, 5.74) is 0. The van der Waals surface area contributed by atoms with Crippen molar-refractivity contribution in [3.63, 3.8) is 0 Å². The minimum absolute atomic E-state index is 0.0123. The molecule has 1 aliphatic heterocycles. The van der Waals surface area contributed by atoms with E-state index in [1.807, 2.05) is 18.2 Å². The van der Waals surface area contributed by atoms with Gasteiger partial charge in [-0.15, -0.1) is 0 Å². The predicted octanol–water partition coefficient (Wildman–Crippen LogP) is 4.17. The molecule has 0 bridgehead atoms. The maximum atomic E-state index is 6.92. The van der Waals surface area contributed by atoms with Crippen molar-refractivity contribution in [1.82, 2.24) is 0 Å². The van der Waals surface area contributed by atoms with Gasteiger partial charge in [-0.05, 0) is 0 Å². The second-order valence-electron chi connectivity index (χ2n) is 6.59. The quantitative estimate of drug-likeness (QED) is 0.660. The van der Waals surface area contributed by atoms with Gasteiger partial charge in [0.2, 0.25) is 0 Å². The maximum absolute atomic E-state index is 6.92. The van der Waals surface area contributed by atoms with E-state index >= 15 is 0 Å². The third kappa shape index (κ3) is 2.29. The fraction of sp³-hybridized carbons (Fsp3) is 0.182. The average molecular weight is 350 g/mol. The van der Waals surface area contributed by atoms with Gasteiger partial charge >= 0.3 is 149 Å². The monoisotopic (exact) mass is 350 g/mol. The summed E-state index contributed by atoms with van der Waals surface area (Å²) in [6, 6.07) is 31.4. The number of hydrogen-bond acceptors (Lipinski definition) is 2. The Morgan fingerprint density at radius 3 is 1.08 bits per heavy atom. The second-order valence-corrected chi connectivity index (χ2v) is 10.5. The molecule has 1 saturated heterocycles. The normalized spacial score (nSPS) is 25.8. The first-order valence-corrected chi connectivity index (χ1v) is 10.8. The molecule has 0 radical (unpaired) electrons. The Morgan fingerprint density at radius 1 is 0.520 bits per heavy atom. The first-order valence-electron chi connectivity index (χ1n) is 8.73. The van der Waals surface area contributed by atoms with Crippen LogP contribution in [-0.2, 0) is 9.05 Å². The van der Waals surface area contributed by atoms with Gasteiger partial charge in [0.05, 0.1) is 0 Å². The average Bonchev–Trinajstić information content (AvgIpc) is 2.98. The molecule has 2 unspecified atom stereocenters. The fourth-order valence-corrected chi connectivity index (χ4v) is 9.17. The third-order valence-electron chi connectivity index (χ3n) is 5.07. The van der Waals surface area contributed by atoms with Crippen LogP contribution >= 0.6 is 7.06 Å². The Morgan fingerprint density at radius 2 is 0.800 bits per heavy atom. The molecular formula is C22H23O2P. The Labute approximate surface area is 149 Å². The van der Waals surface area contributed by atoms with Crippen LogP contribution in [0.25, 0.3) is 0 Å². The zero-order chi connectivity index (χ0) is 17.4.